The average Bonchev–Trinajstić information content (AvgIpc) is 2.29. The highest BCUT2D eigenvalue weighted by molar-refractivity contribution is 6.30. The standard InChI is InChI=1S/C12H16ClNO2/c1-14(8-7-12(15)16-2)9-10-3-5-11(13)6-4-10/h3-6H,7-9H2,1-2H3. The van der Waals surface area contributed by atoms with E-state index in [1.165, 1.54) is 12.7 Å². The maximum Gasteiger partial charge on any atom is 0.306 e. The molecule has 3 nitrogen and oxygen atoms in total. The Morgan fingerprint density at radius 2 is 2.00 bits per heavy atom. The van der Waals surface area contributed by atoms with Crippen LogP contribution >= 0.6 is 11.6 Å². The van der Waals surface area contributed by atoms with Crippen molar-refractivity contribution in [2.24, 2.45) is 0 Å². The van der Waals surface area contributed by atoms with Gasteiger partial charge < -0.3 is 9.64 Å². The Labute approximate surface area is 101 Å². The van der Waals surface area contributed by atoms with Crippen LogP contribution in [-0.4, -0.2) is 31.6 Å². The molecule has 0 fully saturated rings. The van der Waals surface area contributed by atoms with Crippen LogP contribution in [0.1, 0.15) is 12.0 Å². The smallest absolute Gasteiger partial charge is 0.306 e. The van der Waals surface area contributed by atoms with Crippen LogP contribution in [0.25, 0.3) is 0 Å². The van der Waals surface area contributed by atoms with Crippen LogP contribution < -0.4 is 0 Å². The fourth-order valence-corrected chi connectivity index (χ4v) is 1.49. The van der Waals surface area contributed by atoms with Crippen LogP contribution in [0.2, 0.25) is 5.02 Å². The Balaban J connectivity index is 2.36. The van der Waals surface area contributed by atoms with Crippen molar-refractivity contribution in [1.29, 1.82) is 0 Å². The zero-order valence-corrected chi connectivity index (χ0v) is 10.3. The minimum Gasteiger partial charge on any atom is -0.469 e. The third kappa shape index (κ3) is 4.64. The van der Waals surface area contributed by atoms with Crippen molar-refractivity contribution < 1.29 is 9.53 Å². The number of carbonyl (C=O) groups is 1. The van der Waals surface area contributed by atoms with E-state index in [4.69, 9.17) is 11.6 Å². The van der Waals surface area contributed by atoms with Gasteiger partial charge in [-0.25, -0.2) is 0 Å². The molecule has 0 radical (unpaired) electrons. The molecule has 16 heavy (non-hydrogen) atoms. The van der Waals surface area contributed by atoms with E-state index >= 15 is 0 Å². The summed E-state index contributed by atoms with van der Waals surface area (Å²) < 4.78 is 4.58. The Kier molecular flexibility index (Phi) is 5.29. The lowest BCUT2D eigenvalue weighted by Gasteiger charge is -2.15. The quantitative estimate of drug-likeness (QED) is 0.741. The first kappa shape index (κ1) is 13.0. The molecule has 1 aromatic rings. The largest absolute Gasteiger partial charge is 0.469 e. The molecule has 0 unspecified atom stereocenters. The van der Waals surface area contributed by atoms with Crippen molar-refractivity contribution in [1.82, 2.24) is 4.90 Å². The van der Waals surface area contributed by atoms with Gasteiger partial charge in [0.1, 0.15) is 0 Å². The van der Waals surface area contributed by atoms with E-state index in [9.17, 15) is 4.79 Å². The van der Waals surface area contributed by atoms with Gasteiger partial charge in [0, 0.05) is 18.1 Å². The number of benzene rings is 1. The van der Waals surface area contributed by atoms with Crippen molar-refractivity contribution in [2.45, 2.75) is 13.0 Å². The van der Waals surface area contributed by atoms with Gasteiger partial charge >= 0.3 is 5.97 Å². The number of ether oxygens (including phenoxy) is 1. The molecule has 0 aromatic heterocycles. The molecule has 1 rings (SSSR count). The molecular formula is C12H16ClNO2. The van der Waals surface area contributed by atoms with Crippen molar-refractivity contribution in [3.8, 4) is 0 Å². The van der Waals surface area contributed by atoms with E-state index in [0.717, 1.165) is 11.6 Å². The molecule has 4 heteroatoms. The Morgan fingerprint density at radius 1 is 1.38 bits per heavy atom. The van der Waals surface area contributed by atoms with E-state index in [0.29, 0.717) is 13.0 Å². The van der Waals surface area contributed by atoms with E-state index in [1.807, 2.05) is 31.3 Å². The van der Waals surface area contributed by atoms with Crippen LogP contribution in [0.4, 0.5) is 0 Å². The third-order valence-corrected chi connectivity index (χ3v) is 2.54. The lowest BCUT2D eigenvalue weighted by Crippen LogP contribution is -2.21. The summed E-state index contributed by atoms with van der Waals surface area (Å²) in [5.74, 6) is -0.178. The maximum absolute atomic E-state index is 10.9. The zero-order valence-electron chi connectivity index (χ0n) is 9.57. The van der Waals surface area contributed by atoms with Gasteiger partial charge in [-0.15, -0.1) is 0 Å². The molecule has 0 aliphatic heterocycles. The highest BCUT2D eigenvalue weighted by atomic mass is 35.5. The molecule has 1 aromatic carbocycles. The van der Waals surface area contributed by atoms with Gasteiger partial charge in [-0.05, 0) is 24.7 Å². The number of hydrogen-bond donors (Lipinski definition) is 0. The Morgan fingerprint density at radius 3 is 2.56 bits per heavy atom. The van der Waals surface area contributed by atoms with Gasteiger partial charge in [0.15, 0.2) is 0 Å². The second-order valence-corrected chi connectivity index (χ2v) is 4.13. The zero-order chi connectivity index (χ0) is 12.0. The Hall–Kier alpha value is -1.06. The molecule has 0 atom stereocenters. The Bertz CT molecular complexity index is 337. The topological polar surface area (TPSA) is 29.5 Å². The number of carbonyl (C=O) groups excluding carboxylic acids is 1. The molecule has 0 saturated carbocycles. The molecule has 0 spiro atoms. The van der Waals surface area contributed by atoms with Gasteiger partial charge in [0.25, 0.3) is 0 Å². The minimum atomic E-state index is -0.178. The average molecular weight is 242 g/mol. The summed E-state index contributed by atoms with van der Waals surface area (Å²) in [5, 5.41) is 0.737. The summed E-state index contributed by atoms with van der Waals surface area (Å²) in [6.45, 7) is 1.49. The molecule has 0 N–H and O–H groups in total. The number of rotatable bonds is 5. The summed E-state index contributed by atoms with van der Waals surface area (Å²) in [5.41, 5.74) is 1.18. The molecule has 88 valence electrons. The van der Waals surface area contributed by atoms with Crippen LogP contribution in [0.5, 0.6) is 0 Å². The van der Waals surface area contributed by atoms with Gasteiger partial charge in [-0.1, -0.05) is 23.7 Å². The van der Waals surface area contributed by atoms with Gasteiger partial charge in [-0.2, -0.15) is 0 Å². The molecule has 0 aliphatic rings. The maximum atomic E-state index is 10.9. The van der Waals surface area contributed by atoms with Crippen molar-refractivity contribution in [3.63, 3.8) is 0 Å². The van der Waals surface area contributed by atoms with E-state index in [-0.39, 0.29) is 5.97 Å². The number of esters is 1. The highest BCUT2D eigenvalue weighted by Gasteiger charge is 2.04. The molecule has 0 saturated heterocycles. The third-order valence-electron chi connectivity index (χ3n) is 2.29. The summed E-state index contributed by atoms with van der Waals surface area (Å²) >= 11 is 5.79. The van der Waals surface area contributed by atoms with Crippen molar-refractivity contribution in [2.75, 3.05) is 20.7 Å². The van der Waals surface area contributed by atoms with Crippen molar-refractivity contribution >= 4 is 17.6 Å². The number of hydrogen-bond acceptors (Lipinski definition) is 3. The first-order valence-electron chi connectivity index (χ1n) is 5.11. The van der Waals surface area contributed by atoms with Crippen LogP contribution in [0.15, 0.2) is 24.3 Å². The van der Waals surface area contributed by atoms with E-state index < -0.39 is 0 Å². The predicted molar refractivity (Wildman–Crippen MR) is 64.4 cm³/mol. The second kappa shape index (κ2) is 6.51. The SMILES string of the molecule is COC(=O)CCN(C)Cc1ccc(Cl)cc1. The fraction of sp³-hybridized carbons (Fsp3) is 0.417. The number of nitrogens with zero attached hydrogens (tertiary/aromatic N) is 1. The minimum absolute atomic E-state index is 0.178. The first-order chi connectivity index (χ1) is 7.61. The van der Waals surface area contributed by atoms with Crippen LogP contribution in [0.3, 0.4) is 0 Å². The number of methoxy groups -OCH3 is 1. The van der Waals surface area contributed by atoms with E-state index in [1.54, 1.807) is 0 Å². The lowest BCUT2D eigenvalue weighted by molar-refractivity contribution is -0.140. The van der Waals surface area contributed by atoms with E-state index in [2.05, 4.69) is 9.64 Å². The lowest BCUT2D eigenvalue weighted by atomic mass is 10.2. The van der Waals surface area contributed by atoms with Gasteiger partial charge in [0.2, 0.25) is 0 Å². The number of halogens is 1. The second-order valence-electron chi connectivity index (χ2n) is 3.69. The highest BCUT2D eigenvalue weighted by Crippen LogP contribution is 2.10. The summed E-state index contributed by atoms with van der Waals surface area (Å²) in [4.78, 5) is 13.0. The summed E-state index contributed by atoms with van der Waals surface area (Å²) in [6.07, 6.45) is 0.417. The predicted octanol–water partition coefficient (Wildman–Crippen LogP) is 2.33. The molecule has 0 heterocycles. The summed E-state index contributed by atoms with van der Waals surface area (Å²) in [7, 11) is 3.37. The molecule has 0 bridgehead atoms. The first-order valence-corrected chi connectivity index (χ1v) is 5.49. The normalized spacial score (nSPS) is 10.5. The van der Waals surface area contributed by atoms with Crippen LogP contribution in [0, 0.1) is 0 Å². The molecule has 0 amide bonds. The monoisotopic (exact) mass is 241 g/mol. The molecular weight excluding hydrogens is 226 g/mol. The van der Waals surface area contributed by atoms with Crippen LogP contribution in [-0.2, 0) is 16.1 Å². The van der Waals surface area contributed by atoms with Crippen molar-refractivity contribution in [3.05, 3.63) is 34.9 Å². The van der Waals surface area contributed by atoms with Gasteiger partial charge in [-0.3, -0.25) is 4.79 Å². The fourth-order valence-electron chi connectivity index (χ4n) is 1.36. The molecule has 0 aliphatic carbocycles. The van der Waals surface area contributed by atoms with Gasteiger partial charge in [0.05, 0.1) is 13.5 Å². The summed E-state index contributed by atoms with van der Waals surface area (Å²) in [6, 6.07) is 7.70.